The molecule has 1 aliphatic carbocycles. The number of carbonyl (C=O) groups is 1. The van der Waals surface area contributed by atoms with Gasteiger partial charge in [0.15, 0.2) is 5.41 Å². The highest BCUT2D eigenvalue weighted by molar-refractivity contribution is 6.31. The van der Waals surface area contributed by atoms with Crippen molar-refractivity contribution in [2.24, 2.45) is 17.1 Å². The Kier molecular flexibility index (Phi) is 6.28. The average Bonchev–Trinajstić information content (AvgIpc) is 2.87. The van der Waals surface area contributed by atoms with Gasteiger partial charge in [0.25, 0.3) is 0 Å². The van der Waals surface area contributed by atoms with E-state index in [9.17, 15) is 20.6 Å². The van der Waals surface area contributed by atoms with Crippen molar-refractivity contribution in [1.29, 1.82) is 15.8 Å². The maximum Gasteiger partial charge on any atom is 0.410 e. The lowest BCUT2D eigenvalue weighted by molar-refractivity contribution is 0.0898. The Morgan fingerprint density at radius 3 is 2.44 bits per heavy atom. The lowest BCUT2D eigenvalue weighted by Crippen LogP contribution is -2.49. The van der Waals surface area contributed by atoms with Crippen LogP contribution in [0.3, 0.4) is 0 Å². The van der Waals surface area contributed by atoms with Crippen molar-refractivity contribution in [2.75, 3.05) is 13.1 Å². The number of hydrogen-bond acceptors (Lipinski definition) is 6. The van der Waals surface area contributed by atoms with Gasteiger partial charge in [-0.1, -0.05) is 66.2 Å². The smallest absolute Gasteiger partial charge is 0.410 e. The van der Waals surface area contributed by atoms with Crippen LogP contribution in [0, 0.1) is 45.3 Å². The maximum absolute atomic E-state index is 12.9. The van der Waals surface area contributed by atoms with Crippen molar-refractivity contribution in [3.05, 3.63) is 93.7 Å². The second kappa shape index (κ2) is 9.32. The Morgan fingerprint density at radius 1 is 1.12 bits per heavy atom. The van der Waals surface area contributed by atoms with Crippen LogP contribution >= 0.6 is 11.6 Å². The first-order valence-electron chi connectivity index (χ1n) is 10.6. The van der Waals surface area contributed by atoms with E-state index in [2.05, 4.69) is 18.2 Å². The van der Waals surface area contributed by atoms with Crippen molar-refractivity contribution in [3.63, 3.8) is 0 Å². The molecule has 1 amide bonds. The highest BCUT2D eigenvalue weighted by atomic mass is 35.5. The number of hydrogen-bond donors (Lipinski definition) is 1. The summed E-state index contributed by atoms with van der Waals surface area (Å²) >= 11 is 6.50. The minimum atomic E-state index is -1.82. The number of ether oxygens (including phenoxy) is 1. The summed E-state index contributed by atoms with van der Waals surface area (Å²) in [5.74, 6) is -1.34. The molecule has 1 aliphatic heterocycles. The lowest BCUT2D eigenvalue weighted by atomic mass is 9.58. The van der Waals surface area contributed by atoms with Gasteiger partial charge in [-0.05, 0) is 22.8 Å². The molecule has 2 atom stereocenters. The molecule has 0 bridgehead atoms. The minimum Gasteiger partial charge on any atom is -0.445 e. The van der Waals surface area contributed by atoms with E-state index >= 15 is 0 Å². The molecule has 2 aromatic rings. The number of nitrogens with two attached hydrogens (primary N) is 1. The van der Waals surface area contributed by atoms with Gasteiger partial charge in [0.1, 0.15) is 12.7 Å². The fourth-order valence-electron chi connectivity index (χ4n) is 4.71. The molecule has 0 unspecified atom stereocenters. The summed E-state index contributed by atoms with van der Waals surface area (Å²) in [6, 6.07) is 22.4. The summed E-state index contributed by atoms with van der Waals surface area (Å²) in [5.41, 5.74) is 6.52. The quantitative estimate of drug-likeness (QED) is 0.709. The van der Waals surface area contributed by atoms with Gasteiger partial charge in [-0.15, -0.1) is 0 Å². The van der Waals surface area contributed by atoms with E-state index < -0.39 is 23.3 Å². The number of fused-ring (bicyclic) bond motifs is 1. The van der Waals surface area contributed by atoms with Gasteiger partial charge in [-0.2, -0.15) is 15.8 Å². The third-order valence-electron chi connectivity index (χ3n) is 6.37. The van der Waals surface area contributed by atoms with E-state index in [1.165, 1.54) is 4.90 Å². The second-order valence-corrected chi connectivity index (χ2v) is 8.55. The number of rotatable bonds is 3. The zero-order valence-electron chi connectivity index (χ0n) is 18.1. The van der Waals surface area contributed by atoms with E-state index in [4.69, 9.17) is 22.1 Å². The number of benzene rings is 2. The van der Waals surface area contributed by atoms with Crippen LogP contribution in [0.4, 0.5) is 4.79 Å². The molecule has 0 fully saturated rings. The molecule has 4 rings (SSSR count). The average molecular weight is 470 g/mol. The number of halogens is 1. The van der Waals surface area contributed by atoms with Crippen LogP contribution in [0.25, 0.3) is 0 Å². The fourth-order valence-corrected chi connectivity index (χ4v) is 4.96. The number of nitriles is 3. The normalized spacial score (nSPS) is 20.8. The molecule has 8 heteroatoms. The first kappa shape index (κ1) is 22.9. The number of allylic oxidation sites excluding steroid dienone is 2. The molecule has 0 spiro atoms. The van der Waals surface area contributed by atoms with Gasteiger partial charge in [-0.3, -0.25) is 0 Å². The first-order valence-corrected chi connectivity index (χ1v) is 11.0. The van der Waals surface area contributed by atoms with Crippen molar-refractivity contribution in [1.82, 2.24) is 4.90 Å². The molecule has 0 aromatic heterocycles. The van der Waals surface area contributed by atoms with Gasteiger partial charge in [0.2, 0.25) is 0 Å². The van der Waals surface area contributed by atoms with E-state index in [-0.39, 0.29) is 31.0 Å². The van der Waals surface area contributed by atoms with Crippen molar-refractivity contribution < 1.29 is 9.53 Å². The summed E-state index contributed by atoms with van der Waals surface area (Å²) in [7, 11) is 0. The van der Waals surface area contributed by atoms with E-state index in [1.54, 1.807) is 30.3 Å². The summed E-state index contributed by atoms with van der Waals surface area (Å²) in [4.78, 5) is 14.4. The largest absolute Gasteiger partial charge is 0.445 e. The number of carbonyl (C=O) groups excluding carboxylic acids is 1. The Labute approximate surface area is 202 Å². The molecular formula is C26H20ClN5O2. The van der Waals surface area contributed by atoms with Crippen LogP contribution in [0.1, 0.15) is 17.0 Å². The van der Waals surface area contributed by atoms with Gasteiger partial charge in [0, 0.05) is 29.9 Å². The predicted molar refractivity (Wildman–Crippen MR) is 124 cm³/mol. The van der Waals surface area contributed by atoms with Crippen molar-refractivity contribution >= 4 is 17.7 Å². The molecule has 0 saturated carbocycles. The summed E-state index contributed by atoms with van der Waals surface area (Å²) in [6.07, 6.45) is 1.21. The SMILES string of the molecule is N#CC1=C(N)C(C#N)(C#N)[C@H](c2ccccc2Cl)[C@@H]2CN(C(=O)OCc3ccccc3)CC=C12. The fraction of sp³-hybridized carbons (Fsp3) is 0.231. The molecule has 2 N–H and O–H groups in total. The van der Waals surface area contributed by atoms with Gasteiger partial charge in [-0.25, -0.2) is 4.79 Å². The molecule has 2 aromatic carbocycles. The third kappa shape index (κ3) is 3.75. The van der Waals surface area contributed by atoms with Crippen molar-refractivity contribution in [3.8, 4) is 18.2 Å². The minimum absolute atomic E-state index is 0.0903. The van der Waals surface area contributed by atoms with Crippen molar-refractivity contribution in [2.45, 2.75) is 12.5 Å². The van der Waals surface area contributed by atoms with Gasteiger partial charge < -0.3 is 15.4 Å². The summed E-state index contributed by atoms with van der Waals surface area (Å²) in [6.45, 7) is 0.458. The van der Waals surface area contributed by atoms with E-state index in [0.717, 1.165) is 5.56 Å². The zero-order valence-corrected chi connectivity index (χ0v) is 18.9. The Bertz CT molecular complexity index is 1300. The third-order valence-corrected chi connectivity index (χ3v) is 6.71. The summed E-state index contributed by atoms with van der Waals surface area (Å²) < 4.78 is 5.49. The predicted octanol–water partition coefficient (Wildman–Crippen LogP) is 4.40. The van der Waals surface area contributed by atoms with Crippen LogP contribution < -0.4 is 5.73 Å². The highest BCUT2D eigenvalue weighted by Gasteiger charge is 2.55. The van der Waals surface area contributed by atoms with Crippen LogP contribution in [-0.2, 0) is 11.3 Å². The molecule has 34 heavy (non-hydrogen) atoms. The molecular weight excluding hydrogens is 450 g/mol. The number of nitrogens with zero attached hydrogens (tertiary/aromatic N) is 4. The second-order valence-electron chi connectivity index (χ2n) is 8.14. The molecule has 0 radical (unpaired) electrons. The Balaban J connectivity index is 1.75. The standard InChI is InChI=1S/C26H20ClN5O2/c27-22-9-5-4-8-19(22)23-21-13-32(25(33)34-14-17-6-2-1-3-7-17)11-10-18(21)20(12-28)24(31)26(23,15-29)16-30/h1-10,21,23H,11,13-14,31H2/t21-,23-/m1/s1. The van der Waals surface area contributed by atoms with E-state index in [0.29, 0.717) is 16.2 Å². The molecule has 2 aliphatic rings. The van der Waals surface area contributed by atoms with Crippen LogP contribution in [0.15, 0.2) is 77.5 Å². The van der Waals surface area contributed by atoms with Crippen LogP contribution in [0.5, 0.6) is 0 Å². The van der Waals surface area contributed by atoms with Gasteiger partial charge in [0.05, 0.1) is 23.4 Å². The molecule has 1 heterocycles. The highest BCUT2D eigenvalue weighted by Crippen LogP contribution is 2.55. The monoisotopic (exact) mass is 469 g/mol. The van der Waals surface area contributed by atoms with E-state index in [1.807, 2.05) is 30.3 Å². The Morgan fingerprint density at radius 2 is 1.79 bits per heavy atom. The first-order chi connectivity index (χ1) is 16.5. The molecule has 7 nitrogen and oxygen atoms in total. The number of amides is 1. The van der Waals surface area contributed by atoms with Gasteiger partial charge >= 0.3 is 6.09 Å². The topological polar surface area (TPSA) is 127 Å². The van der Waals surface area contributed by atoms with Crippen LogP contribution in [0.2, 0.25) is 5.02 Å². The Hall–Kier alpha value is -4.25. The maximum atomic E-state index is 12.9. The molecule has 0 saturated heterocycles. The molecule has 168 valence electrons. The zero-order chi connectivity index (χ0) is 24.3. The van der Waals surface area contributed by atoms with Crippen LogP contribution in [-0.4, -0.2) is 24.1 Å². The lowest BCUT2D eigenvalue weighted by Gasteiger charge is -2.45. The summed E-state index contributed by atoms with van der Waals surface area (Å²) in [5, 5.41) is 30.5.